The predicted octanol–water partition coefficient (Wildman–Crippen LogP) is 4.56. The van der Waals surface area contributed by atoms with Gasteiger partial charge in [-0.05, 0) is 54.4 Å². The van der Waals surface area contributed by atoms with Crippen molar-refractivity contribution in [2.75, 3.05) is 11.0 Å². The Morgan fingerprint density at radius 1 is 0.909 bits per heavy atom. The van der Waals surface area contributed by atoms with Crippen LogP contribution in [-0.4, -0.2) is 33.2 Å². The normalized spacial score (nSPS) is 16.5. The number of nitrogens with one attached hydrogen (secondary N) is 1. The summed E-state index contributed by atoms with van der Waals surface area (Å²) in [5.74, 6) is 0. The molecule has 172 valence electrons. The van der Waals surface area contributed by atoms with Gasteiger partial charge < -0.3 is 0 Å². The number of hydrogen-bond acceptors (Lipinski definition) is 5. The monoisotopic (exact) mass is 503 g/mol. The van der Waals surface area contributed by atoms with Crippen LogP contribution in [-0.2, 0) is 20.0 Å². The van der Waals surface area contributed by atoms with Crippen LogP contribution < -0.4 is 4.72 Å². The highest BCUT2D eigenvalue weighted by molar-refractivity contribution is 7.92. The molecule has 1 atom stereocenters. The fraction of sp³-hybridized carbons (Fsp3) is 0.174. The minimum atomic E-state index is -3.94. The summed E-state index contributed by atoms with van der Waals surface area (Å²) in [6, 6.07) is 19.8. The fourth-order valence-electron chi connectivity index (χ4n) is 3.58. The number of hydrogen-bond donors (Lipinski definition) is 1. The Bertz CT molecular complexity index is 1400. The Hall–Kier alpha value is -2.88. The lowest BCUT2D eigenvalue weighted by atomic mass is 9.98. The average Bonchev–Trinajstić information content (AvgIpc) is 3.20. The maximum Gasteiger partial charge on any atom is 0.279 e. The van der Waals surface area contributed by atoms with Crippen molar-refractivity contribution in [3.63, 3.8) is 0 Å². The Balaban J connectivity index is 1.73. The number of halogens is 1. The van der Waals surface area contributed by atoms with Crippen molar-refractivity contribution in [3.8, 4) is 0 Å². The van der Waals surface area contributed by atoms with Crippen LogP contribution in [0.25, 0.3) is 0 Å². The van der Waals surface area contributed by atoms with Gasteiger partial charge in [-0.15, -0.1) is 0 Å². The molecule has 4 rings (SSSR count). The number of nitrogens with zero attached hydrogens (tertiary/aromatic N) is 2. The first-order valence-corrected chi connectivity index (χ1v) is 13.8. The third kappa shape index (κ3) is 5.21. The molecule has 1 unspecified atom stereocenters. The number of hydrazone groups is 1. The summed E-state index contributed by atoms with van der Waals surface area (Å²) < 4.78 is 53.4. The zero-order valence-corrected chi connectivity index (χ0v) is 20.3. The third-order valence-electron chi connectivity index (χ3n) is 5.21. The molecule has 7 nitrogen and oxygen atoms in total. The number of aryl methyl sites for hydroxylation is 1. The second-order valence-electron chi connectivity index (χ2n) is 7.86. The highest BCUT2D eigenvalue weighted by atomic mass is 35.5. The molecule has 1 heterocycles. The zero-order valence-electron chi connectivity index (χ0n) is 17.9. The van der Waals surface area contributed by atoms with Gasteiger partial charge in [0, 0.05) is 17.1 Å². The van der Waals surface area contributed by atoms with Crippen molar-refractivity contribution in [1.29, 1.82) is 0 Å². The van der Waals surface area contributed by atoms with E-state index in [9.17, 15) is 16.8 Å². The lowest BCUT2D eigenvalue weighted by Gasteiger charge is -2.23. The maximum atomic E-state index is 13.5. The van der Waals surface area contributed by atoms with E-state index in [1.807, 2.05) is 31.2 Å². The van der Waals surface area contributed by atoms with Gasteiger partial charge in [-0.25, -0.2) is 8.42 Å². The molecule has 0 saturated carbocycles. The van der Waals surface area contributed by atoms with Crippen LogP contribution >= 0.6 is 11.6 Å². The zero-order chi connectivity index (χ0) is 23.8. The van der Waals surface area contributed by atoms with E-state index in [4.69, 9.17) is 11.6 Å². The lowest BCUT2D eigenvalue weighted by molar-refractivity contribution is 0.371. The molecule has 1 aliphatic rings. The van der Waals surface area contributed by atoms with Gasteiger partial charge in [-0.1, -0.05) is 53.6 Å². The second-order valence-corrected chi connectivity index (χ2v) is 11.8. The van der Waals surface area contributed by atoms with Crippen molar-refractivity contribution in [3.05, 3.63) is 94.5 Å². The molecule has 1 aliphatic heterocycles. The van der Waals surface area contributed by atoms with E-state index in [1.165, 1.54) is 24.3 Å². The van der Waals surface area contributed by atoms with Gasteiger partial charge in [-0.2, -0.15) is 17.9 Å². The first kappa shape index (κ1) is 23.3. The molecule has 33 heavy (non-hydrogen) atoms. The Kier molecular flexibility index (Phi) is 6.22. The van der Waals surface area contributed by atoms with E-state index >= 15 is 0 Å². The minimum Gasteiger partial charge on any atom is -0.284 e. The summed E-state index contributed by atoms with van der Waals surface area (Å²) in [5, 5.41) is 4.95. The van der Waals surface area contributed by atoms with E-state index in [0.29, 0.717) is 28.4 Å². The van der Waals surface area contributed by atoms with Crippen LogP contribution in [0.15, 0.2) is 82.8 Å². The summed E-state index contributed by atoms with van der Waals surface area (Å²) in [5.41, 5.74) is 3.61. The van der Waals surface area contributed by atoms with E-state index < -0.39 is 26.1 Å². The van der Waals surface area contributed by atoms with E-state index in [2.05, 4.69) is 9.82 Å². The van der Waals surface area contributed by atoms with Gasteiger partial charge in [-0.3, -0.25) is 4.72 Å². The number of benzene rings is 3. The van der Waals surface area contributed by atoms with Crippen molar-refractivity contribution in [2.45, 2.75) is 24.3 Å². The summed E-state index contributed by atoms with van der Waals surface area (Å²) in [4.78, 5) is 0.0988. The van der Waals surface area contributed by atoms with Crippen molar-refractivity contribution < 1.29 is 16.8 Å². The Morgan fingerprint density at radius 3 is 2.09 bits per heavy atom. The SMILES string of the molecule is Cc1ccc(C2CC(c3ccc(NS(C)(=O)=O)cc3)=NN2S(=O)(=O)c2ccc(Cl)cc2)cc1. The second kappa shape index (κ2) is 8.81. The van der Waals surface area contributed by atoms with Crippen LogP contribution in [0, 0.1) is 6.92 Å². The molecule has 0 bridgehead atoms. The van der Waals surface area contributed by atoms with Gasteiger partial charge in [0.05, 0.1) is 22.9 Å². The number of anilines is 1. The molecular weight excluding hydrogens is 482 g/mol. The molecule has 0 aromatic heterocycles. The molecule has 10 heteroatoms. The number of sulfonamides is 2. The van der Waals surface area contributed by atoms with Gasteiger partial charge in [0.15, 0.2) is 0 Å². The predicted molar refractivity (Wildman–Crippen MR) is 130 cm³/mol. The topological polar surface area (TPSA) is 95.9 Å². The smallest absolute Gasteiger partial charge is 0.279 e. The summed E-state index contributed by atoms with van der Waals surface area (Å²) in [6.07, 6.45) is 1.45. The van der Waals surface area contributed by atoms with Crippen LogP contribution in [0.5, 0.6) is 0 Å². The molecule has 0 amide bonds. The average molecular weight is 504 g/mol. The fourth-order valence-corrected chi connectivity index (χ4v) is 5.70. The molecule has 0 aliphatic carbocycles. The van der Waals surface area contributed by atoms with Crippen molar-refractivity contribution in [2.24, 2.45) is 5.10 Å². The number of rotatable bonds is 6. The van der Waals surface area contributed by atoms with Crippen LogP contribution in [0.1, 0.15) is 29.2 Å². The van der Waals surface area contributed by atoms with Crippen molar-refractivity contribution in [1.82, 2.24) is 4.41 Å². The Labute approximate surface area is 198 Å². The summed E-state index contributed by atoms with van der Waals surface area (Å²) in [7, 11) is -7.34. The van der Waals surface area contributed by atoms with Crippen molar-refractivity contribution >= 4 is 43.0 Å². The molecule has 3 aromatic carbocycles. The molecule has 3 aromatic rings. The molecule has 0 fully saturated rings. The molecule has 0 radical (unpaired) electrons. The van der Waals surface area contributed by atoms with Crippen LogP contribution in [0.2, 0.25) is 5.02 Å². The molecule has 0 saturated heterocycles. The largest absolute Gasteiger partial charge is 0.284 e. The highest BCUT2D eigenvalue weighted by Gasteiger charge is 2.37. The standard InChI is InChI=1S/C23H22ClN3O4S2/c1-16-3-5-18(6-4-16)23-15-22(17-7-11-20(12-8-17)26-32(2,28)29)25-27(23)33(30,31)21-13-9-19(24)10-14-21/h3-14,23,26H,15H2,1-2H3. The lowest BCUT2D eigenvalue weighted by Crippen LogP contribution is -2.27. The highest BCUT2D eigenvalue weighted by Crippen LogP contribution is 2.37. The van der Waals surface area contributed by atoms with Crippen LogP contribution in [0.4, 0.5) is 5.69 Å². The van der Waals surface area contributed by atoms with Gasteiger partial charge in [0.1, 0.15) is 0 Å². The quantitative estimate of drug-likeness (QED) is 0.533. The minimum absolute atomic E-state index is 0.0988. The molecule has 0 spiro atoms. The molecular formula is C23H22ClN3O4S2. The summed E-state index contributed by atoms with van der Waals surface area (Å²) in [6.45, 7) is 1.97. The third-order valence-corrected chi connectivity index (χ3v) is 7.77. The van der Waals surface area contributed by atoms with Crippen LogP contribution in [0.3, 0.4) is 0 Å². The van der Waals surface area contributed by atoms with Gasteiger partial charge in [0.25, 0.3) is 10.0 Å². The van der Waals surface area contributed by atoms with Gasteiger partial charge in [0.2, 0.25) is 10.0 Å². The van der Waals surface area contributed by atoms with Gasteiger partial charge >= 0.3 is 0 Å². The first-order chi connectivity index (χ1) is 15.5. The first-order valence-electron chi connectivity index (χ1n) is 10.1. The molecule has 1 N–H and O–H groups in total. The Morgan fingerprint density at radius 2 is 1.52 bits per heavy atom. The maximum absolute atomic E-state index is 13.5. The van der Waals surface area contributed by atoms with E-state index in [0.717, 1.165) is 21.8 Å². The van der Waals surface area contributed by atoms with E-state index in [-0.39, 0.29) is 4.90 Å². The summed E-state index contributed by atoms with van der Waals surface area (Å²) >= 11 is 5.94. The van der Waals surface area contributed by atoms with E-state index in [1.54, 1.807) is 24.3 Å².